The summed E-state index contributed by atoms with van der Waals surface area (Å²) in [6.45, 7) is 7.88. The summed E-state index contributed by atoms with van der Waals surface area (Å²) in [6, 6.07) is 6.23. The lowest BCUT2D eigenvalue weighted by molar-refractivity contribution is 0.0942. The fourth-order valence-electron chi connectivity index (χ4n) is 1.85. The number of anilines is 2. The van der Waals surface area contributed by atoms with Gasteiger partial charge in [0.25, 0.3) is 5.91 Å². The molecular weight excluding hydrogens is 264 g/mol. The van der Waals surface area contributed by atoms with E-state index in [0.29, 0.717) is 11.5 Å². The van der Waals surface area contributed by atoms with Gasteiger partial charge in [-0.2, -0.15) is 0 Å². The Balaban J connectivity index is 2.12. The number of rotatable bonds is 4. The van der Waals surface area contributed by atoms with Gasteiger partial charge in [0, 0.05) is 24.1 Å². The summed E-state index contributed by atoms with van der Waals surface area (Å²) in [5.41, 5.74) is 3.70. The minimum Gasteiger partial charge on any atom is -0.350 e. The fraction of sp³-hybridized carbons (Fsp3) is 0.312. The number of amides is 1. The van der Waals surface area contributed by atoms with Crippen LogP contribution in [0.3, 0.4) is 0 Å². The first-order chi connectivity index (χ1) is 9.95. The third kappa shape index (κ3) is 4.02. The molecule has 2 rings (SSSR count). The third-order valence-electron chi connectivity index (χ3n) is 2.97. The number of nitrogens with zero attached hydrogens (tertiary/aromatic N) is 2. The molecule has 1 aromatic carbocycles. The number of hydrogen-bond acceptors (Lipinski definition) is 4. The predicted octanol–water partition coefficient (Wildman–Crippen LogP) is 2.98. The zero-order valence-electron chi connectivity index (χ0n) is 12.8. The van der Waals surface area contributed by atoms with Crippen LogP contribution in [0.1, 0.15) is 35.3 Å². The van der Waals surface area contributed by atoms with Gasteiger partial charge in [-0.1, -0.05) is 12.1 Å². The molecule has 5 nitrogen and oxygen atoms in total. The van der Waals surface area contributed by atoms with Gasteiger partial charge in [-0.3, -0.25) is 4.79 Å². The Morgan fingerprint density at radius 3 is 2.43 bits per heavy atom. The second kappa shape index (κ2) is 6.35. The molecule has 0 saturated heterocycles. The molecule has 0 fully saturated rings. The Labute approximate surface area is 124 Å². The van der Waals surface area contributed by atoms with Gasteiger partial charge in [-0.15, -0.1) is 0 Å². The fourth-order valence-corrected chi connectivity index (χ4v) is 1.85. The van der Waals surface area contributed by atoms with E-state index in [2.05, 4.69) is 26.7 Å². The maximum absolute atomic E-state index is 11.8. The maximum Gasteiger partial charge on any atom is 0.254 e. The first-order valence-electron chi connectivity index (χ1n) is 6.93. The molecule has 110 valence electrons. The van der Waals surface area contributed by atoms with Crippen molar-refractivity contribution in [2.24, 2.45) is 0 Å². The van der Waals surface area contributed by atoms with Gasteiger partial charge in [-0.05, 0) is 44.9 Å². The Morgan fingerprint density at radius 2 is 1.81 bits per heavy atom. The summed E-state index contributed by atoms with van der Waals surface area (Å²) in [5, 5.41) is 5.97. The molecule has 0 unspecified atom stereocenters. The SMILES string of the molecule is Cc1ccc(C)c(Nc2ncc(C(=O)NC(C)C)cn2)c1. The molecule has 0 aliphatic rings. The highest BCUT2D eigenvalue weighted by atomic mass is 16.1. The van der Waals surface area contributed by atoms with E-state index >= 15 is 0 Å². The van der Waals surface area contributed by atoms with Crippen molar-refractivity contribution in [1.29, 1.82) is 0 Å². The standard InChI is InChI=1S/C16H20N4O/c1-10(2)19-15(21)13-8-17-16(18-9-13)20-14-7-11(3)5-6-12(14)4/h5-10H,1-4H3,(H,19,21)(H,17,18,20). The van der Waals surface area contributed by atoms with E-state index in [-0.39, 0.29) is 11.9 Å². The highest BCUT2D eigenvalue weighted by Crippen LogP contribution is 2.19. The molecule has 2 N–H and O–H groups in total. The van der Waals surface area contributed by atoms with E-state index in [0.717, 1.165) is 16.8 Å². The van der Waals surface area contributed by atoms with Crippen molar-refractivity contribution in [3.63, 3.8) is 0 Å². The molecule has 1 heterocycles. The van der Waals surface area contributed by atoms with Crippen LogP contribution in [-0.2, 0) is 0 Å². The van der Waals surface area contributed by atoms with Crippen molar-refractivity contribution in [1.82, 2.24) is 15.3 Å². The number of aryl methyl sites for hydroxylation is 2. The number of nitrogens with one attached hydrogen (secondary N) is 2. The van der Waals surface area contributed by atoms with Crippen LogP contribution in [0.25, 0.3) is 0 Å². The van der Waals surface area contributed by atoms with Gasteiger partial charge in [0.15, 0.2) is 0 Å². The maximum atomic E-state index is 11.8. The van der Waals surface area contributed by atoms with Crippen molar-refractivity contribution in [2.45, 2.75) is 33.7 Å². The third-order valence-corrected chi connectivity index (χ3v) is 2.97. The van der Waals surface area contributed by atoms with Crippen molar-refractivity contribution < 1.29 is 4.79 Å². The highest BCUT2D eigenvalue weighted by molar-refractivity contribution is 5.93. The van der Waals surface area contributed by atoms with Crippen molar-refractivity contribution >= 4 is 17.5 Å². The zero-order valence-corrected chi connectivity index (χ0v) is 12.8. The molecule has 0 atom stereocenters. The molecule has 2 aromatic rings. The van der Waals surface area contributed by atoms with Crippen LogP contribution in [0.2, 0.25) is 0 Å². The molecular formula is C16H20N4O. The van der Waals surface area contributed by atoms with Crippen LogP contribution in [0, 0.1) is 13.8 Å². The topological polar surface area (TPSA) is 66.9 Å². The van der Waals surface area contributed by atoms with Crippen LogP contribution in [0.5, 0.6) is 0 Å². The van der Waals surface area contributed by atoms with E-state index in [4.69, 9.17) is 0 Å². The summed E-state index contributed by atoms with van der Waals surface area (Å²) < 4.78 is 0. The molecule has 1 amide bonds. The van der Waals surface area contributed by atoms with E-state index in [1.807, 2.05) is 39.8 Å². The largest absolute Gasteiger partial charge is 0.350 e. The van der Waals surface area contributed by atoms with E-state index in [1.54, 1.807) is 0 Å². The lowest BCUT2D eigenvalue weighted by Gasteiger charge is -2.10. The summed E-state index contributed by atoms with van der Waals surface area (Å²) in [5.74, 6) is 0.313. The molecule has 0 bridgehead atoms. The number of benzene rings is 1. The first kappa shape index (κ1) is 15.0. The van der Waals surface area contributed by atoms with Gasteiger partial charge >= 0.3 is 0 Å². The lowest BCUT2D eigenvalue weighted by Crippen LogP contribution is -2.30. The Kier molecular flexibility index (Phi) is 4.52. The molecule has 0 aliphatic heterocycles. The Hall–Kier alpha value is -2.43. The quantitative estimate of drug-likeness (QED) is 0.905. The number of carbonyl (C=O) groups is 1. The summed E-state index contributed by atoms with van der Waals surface area (Å²) in [4.78, 5) is 20.2. The van der Waals surface area contributed by atoms with Crippen LogP contribution in [0.4, 0.5) is 11.6 Å². The van der Waals surface area contributed by atoms with Crippen LogP contribution in [0.15, 0.2) is 30.6 Å². The number of aromatic nitrogens is 2. The van der Waals surface area contributed by atoms with E-state index in [1.165, 1.54) is 12.4 Å². The monoisotopic (exact) mass is 284 g/mol. The highest BCUT2D eigenvalue weighted by Gasteiger charge is 2.08. The first-order valence-corrected chi connectivity index (χ1v) is 6.93. The summed E-state index contributed by atoms with van der Waals surface area (Å²) >= 11 is 0. The number of hydrogen-bond donors (Lipinski definition) is 2. The summed E-state index contributed by atoms with van der Waals surface area (Å²) in [6.07, 6.45) is 3.05. The molecule has 21 heavy (non-hydrogen) atoms. The second-order valence-electron chi connectivity index (χ2n) is 5.37. The molecule has 0 spiro atoms. The Bertz CT molecular complexity index is 635. The van der Waals surface area contributed by atoms with Crippen LogP contribution in [-0.4, -0.2) is 21.9 Å². The van der Waals surface area contributed by atoms with Gasteiger partial charge < -0.3 is 10.6 Å². The minimum absolute atomic E-state index is 0.0882. The Morgan fingerprint density at radius 1 is 1.14 bits per heavy atom. The van der Waals surface area contributed by atoms with Crippen LogP contribution < -0.4 is 10.6 Å². The van der Waals surface area contributed by atoms with Gasteiger partial charge in [0.05, 0.1) is 5.56 Å². The molecule has 1 aromatic heterocycles. The van der Waals surface area contributed by atoms with Crippen molar-refractivity contribution in [3.8, 4) is 0 Å². The minimum atomic E-state index is -0.164. The average Bonchev–Trinajstić information content (AvgIpc) is 2.43. The van der Waals surface area contributed by atoms with E-state index in [9.17, 15) is 4.79 Å². The van der Waals surface area contributed by atoms with Crippen molar-refractivity contribution in [2.75, 3.05) is 5.32 Å². The molecule has 5 heteroatoms. The van der Waals surface area contributed by atoms with Gasteiger partial charge in [0.2, 0.25) is 5.95 Å². The van der Waals surface area contributed by atoms with Gasteiger partial charge in [0.1, 0.15) is 0 Å². The molecule has 0 radical (unpaired) electrons. The number of carbonyl (C=O) groups excluding carboxylic acids is 1. The smallest absolute Gasteiger partial charge is 0.254 e. The average molecular weight is 284 g/mol. The summed E-state index contributed by atoms with van der Waals surface area (Å²) in [7, 11) is 0. The lowest BCUT2D eigenvalue weighted by atomic mass is 10.1. The van der Waals surface area contributed by atoms with E-state index < -0.39 is 0 Å². The molecule has 0 aliphatic carbocycles. The zero-order chi connectivity index (χ0) is 15.4. The van der Waals surface area contributed by atoms with Gasteiger partial charge in [-0.25, -0.2) is 9.97 Å². The second-order valence-corrected chi connectivity index (χ2v) is 5.37. The predicted molar refractivity (Wildman–Crippen MR) is 83.8 cm³/mol. The van der Waals surface area contributed by atoms with Crippen LogP contribution >= 0.6 is 0 Å². The normalized spacial score (nSPS) is 10.5. The van der Waals surface area contributed by atoms with Crippen molar-refractivity contribution in [3.05, 3.63) is 47.3 Å². The molecule has 0 saturated carbocycles.